The molecule has 0 radical (unpaired) electrons. The molecule has 0 aromatic carbocycles. The molecule has 2 N–H and O–H groups in total. The Labute approximate surface area is 157 Å². The van der Waals surface area contributed by atoms with Crippen LogP contribution in [0.3, 0.4) is 0 Å². The summed E-state index contributed by atoms with van der Waals surface area (Å²) in [6.07, 6.45) is 3.74. The van der Waals surface area contributed by atoms with Gasteiger partial charge in [0.15, 0.2) is 11.6 Å². The number of fused-ring (bicyclic) bond motifs is 5. The van der Waals surface area contributed by atoms with Crippen molar-refractivity contribution in [3.05, 3.63) is 23.8 Å². The van der Waals surface area contributed by atoms with E-state index < -0.39 is 52.5 Å². The molecule has 0 aromatic heterocycles. The summed E-state index contributed by atoms with van der Waals surface area (Å²) in [6.45, 7) is 2.62. The van der Waals surface area contributed by atoms with Gasteiger partial charge in [-0.05, 0) is 49.3 Å². The number of hydrogen-bond acceptors (Lipinski definition) is 4. The number of halogens is 2. The standard InChI is InChI=1S/C21H26F2O4/c1-18-5-3-12(25)9-15(18)16(22)10-14-13-4-6-21(27,17(26)11-24)19(13,2)7-8-20(14,18)23/h7-9,13-14,16,24,27H,3-6,10-11H2,1-2H3/t13-,14-,16-,18-,19-,20+,21-/m0/s1. The molecule has 0 bridgehead atoms. The molecule has 0 aromatic rings. The van der Waals surface area contributed by atoms with Crippen molar-refractivity contribution in [1.29, 1.82) is 0 Å². The summed E-state index contributed by atoms with van der Waals surface area (Å²) >= 11 is 0. The maximum Gasteiger partial charge on any atom is 0.190 e. The number of carbonyl (C=O) groups is 2. The topological polar surface area (TPSA) is 74.6 Å². The monoisotopic (exact) mass is 380 g/mol. The van der Waals surface area contributed by atoms with E-state index in [1.165, 1.54) is 12.2 Å². The summed E-state index contributed by atoms with van der Waals surface area (Å²) in [6, 6.07) is 0. The van der Waals surface area contributed by atoms with Gasteiger partial charge in [-0.1, -0.05) is 19.9 Å². The highest BCUT2D eigenvalue weighted by Gasteiger charge is 2.70. The zero-order valence-electron chi connectivity index (χ0n) is 15.7. The summed E-state index contributed by atoms with van der Waals surface area (Å²) in [4.78, 5) is 24.1. The highest BCUT2D eigenvalue weighted by molar-refractivity contribution is 5.92. The number of rotatable bonds is 2. The fourth-order valence-corrected chi connectivity index (χ4v) is 6.45. The van der Waals surface area contributed by atoms with Crippen molar-refractivity contribution in [3.63, 3.8) is 0 Å². The molecule has 4 rings (SSSR count). The zero-order chi connectivity index (χ0) is 19.8. The Kier molecular flexibility index (Phi) is 3.91. The van der Waals surface area contributed by atoms with E-state index in [0.29, 0.717) is 6.42 Å². The number of Topliss-reactive ketones (excluding diaryl/α,β-unsaturated/α-hetero) is 1. The third-order valence-corrected chi connectivity index (χ3v) is 8.25. The molecule has 7 atom stereocenters. The molecular formula is C21H26F2O4. The lowest BCUT2D eigenvalue weighted by molar-refractivity contribution is -0.156. The largest absolute Gasteiger partial charge is 0.388 e. The quantitative estimate of drug-likeness (QED) is 0.723. The molecule has 4 aliphatic carbocycles. The Morgan fingerprint density at radius 3 is 2.63 bits per heavy atom. The van der Waals surface area contributed by atoms with Gasteiger partial charge in [-0.25, -0.2) is 8.78 Å². The lowest BCUT2D eigenvalue weighted by Crippen LogP contribution is -2.63. The van der Waals surface area contributed by atoms with Crippen molar-refractivity contribution in [3.8, 4) is 0 Å². The minimum atomic E-state index is -1.83. The van der Waals surface area contributed by atoms with Crippen LogP contribution in [0.1, 0.15) is 46.0 Å². The number of aliphatic hydroxyl groups is 2. The van der Waals surface area contributed by atoms with Crippen LogP contribution in [0, 0.1) is 22.7 Å². The van der Waals surface area contributed by atoms with Crippen LogP contribution in [0.5, 0.6) is 0 Å². The van der Waals surface area contributed by atoms with Crippen LogP contribution in [0.4, 0.5) is 8.78 Å². The van der Waals surface area contributed by atoms with Gasteiger partial charge in [0, 0.05) is 23.2 Å². The van der Waals surface area contributed by atoms with Crippen LogP contribution in [-0.4, -0.2) is 45.8 Å². The molecule has 0 aliphatic heterocycles. The first kappa shape index (κ1) is 18.9. The van der Waals surface area contributed by atoms with Crippen molar-refractivity contribution in [2.24, 2.45) is 22.7 Å². The fourth-order valence-electron chi connectivity index (χ4n) is 6.45. The number of hydrogen-bond donors (Lipinski definition) is 2. The molecule has 2 fully saturated rings. The van der Waals surface area contributed by atoms with Crippen molar-refractivity contribution in [2.45, 2.75) is 63.4 Å². The molecule has 0 saturated heterocycles. The molecule has 0 amide bonds. The van der Waals surface area contributed by atoms with Crippen molar-refractivity contribution < 1.29 is 28.6 Å². The molecule has 4 nitrogen and oxygen atoms in total. The maximum atomic E-state index is 16.6. The molecule has 0 spiro atoms. The molecule has 4 aliphatic rings. The van der Waals surface area contributed by atoms with E-state index in [9.17, 15) is 19.8 Å². The molecule has 2 saturated carbocycles. The minimum Gasteiger partial charge on any atom is -0.388 e. The Hall–Kier alpha value is -1.40. The predicted molar refractivity (Wildman–Crippen MR) is 94.3 cm³/mol. The highest BCUT2D eigenvalue weighted by atomic mass is 19.1. The van der Waals surface area contributed by atoms with Crippen LogP contribution in [0.15, 0.2) is 23.8 Å². The average Bonchev–Trinajstić information content (AvgIpc) is 2.91. The maximum absolute atomic E-state index is 16.6. The smallest absolute Gasteiger partial charge is 0.190 e. The lowest BCUT2D eigenvalue weighted by atomic mass is 9.47. The van der Waals surface area contributed by atoms with Gasteiger partial charge in [-0.2, -0.15) is 0 Å². The Morgan fingerprint density at radius 1 is 1.26 bits per heavy atom. The van der Waals surface area contributed by atoms with Crippen LogP contribution in [0.25, 0.3) is 0 Å². The van der Waals surface area contributed by atoms with Crippen molar-refractivity contribution in [1.82, 2.24) is 0 Å². The van der Waals surface area contributed by atoms with Crippen molar-refractivity contribution >= 4 is 11.6 Å². The second kappa shape index (κ2) is 5.57. The van der Waals surface area contributed by atoms with Gasteiger partial charge in [0.25, 0.3) is 0 Å². The Balaban J connectivity index is 1.85. The van der Waals surface area contributed by atoms with Crippen molar-refractivity contribution in [2.75, 3.05) is 6.61 Å². The van der Waals surface area contributed by atoms with Crippen LogP contribution >= 0.6 is 0 Å². The third kappa shape index (κ3) is 2.09. The first-order valence-corrected chi connectivity index (χ1v) is 9.68. The Bertz CT molecular complexity index is 776. The van der Waals surface area contributed by atoms with Crippen LogP contribution < -0.4 is 0 Å². The van der Waals surface area contributed by atoms with Gasteiger partial charge in [0.2, 0.25) is 0 Å². The van der Waals surface area contributed by atoms with E-state index in [0.717, 1.165) is 0 Å². The average molecular weight is 380 g/mol. The van der Waals surface area contributed by atoms with Crippen LogP contribution in [-0.2, 0) is 9.59 Å². The summed E-state index contributed by atoms with van der Waals surface area (Å²) in [5.74, 6) is -1.95. The molecule has 0 unspecified atom stereocenters. The second-order valence-electron chi connectivity index (χ2n) is 9.18. The SMILES string of the molecule is C[C@]12CCC(=O)C=C1[C@@H](F)C[C@H]1[C@@H]3CC[C@](O)(C(=O)CO)[C@@]3(C)C=C[C@@]12F. The summed E-state index contributed by atoms with van der Waals surface area (Å²) < 4.78 is 31.7. The Morgan fingerprint density at radius 2 is 1.96 bits per heavy atom. The first-order chi connectivity index (χ1) is 12.5. The zero-order valence-corrected chi connectivity index (χ0v) is 15.7. The summed E-state index contributed by atoms with van der Waals surface area (Å²) in [5, 5.41) is 20.4. The van der Waals surface area contributed by atoms with Gasteiger partial charge >= 0.3 is 0 Å². The first-order valence-electron chi connectivity index (χ1n) is 9.68. The van der Waals surface area contributed by atoms with E-state index in [-0.39, 0.29) is 37.0 Å². The number of allylic oxidation sites excluding steroid dienone is 3. The van der Waals surface area contributed by atoms with E-state index in [2.05, 4.69) is 0 Å². The van der Waals surface area contributed by atoms with Gasteiger partial charge < -0.3 is 10.2 Å². The van der Waals surface area contributed by atoms with Gasteiger partial charge in [-0.15, -0.1) is 0 Å². The second-order valence-corrected chi connectivity index (χ2v) is 9.18. The third-order valence-electron chi connectivity index (χ3n) is 8.25. The van der Waals surface area contributed by atoms with Gasteiger partial charge in [0.1, 0.15) is 24.0 Å². The van der Waals surface area contributed by atoms with E-state index in [1.807, 2.05) is 0 Å². The fraction of sp³-hybridized carbons (Fsp3) is 0.714. The number of ketones is 2. The summed E-state index contributed by atoms with van der Waals surface area (Å²) in [5.41, 5.74) is -5.52. The number of alkyl halides is 2. The predicted octanol–water partition coefficient (Wildman–Crippen LogP) is 2.63. The number of aliphatic hydroxyl groups excluding tert-OH is 1. The molecular weight excluding hydrogens is 354 g/mol. The van der Waals surface area contributed by atoms with E-state index in [1.54, 1.807) is 19.9 Å². The molecule has 148 valence electrons. The normalized spacial score (nSPS) is 51.3. The lowest BCUT2D eigenvalue weighted by Gasteiger charge is -2.59. The molecule has 27 heavy (non-hydrogen) atoms. The van der Waals surface area contributed by atoms with Gasteiger partial charge in [-0.3, -0.25) is 9.59 Å². The molecule has 6 heteroatoms. The van der Waals surface area contributed by atoms with Gasteiger partial charge in [0.05, 0.1) is 0 Å². The summed E-state index contributed by atoms with van der Waals surface area (Å²) in [7, 11) is 0. The molecule has 0 heterocycles. The minimum absolute atomic E-state index is 0.0702. The number of carbonyl (C=O) groups excluding carboxylic acids is 2. The van der Waals surface area contributed by atoms with Crippen LogP contribution in [0.2, 0.25) is 0 Å². The van der Waals surface area contributed by atoms with E-state index in [4.69, 9.17) is 0 Å². The highest BCUT2D eigenvalue weighted by Crippen LogP contribution is 2.68. The van der Waals surface area contributed by atoms with E-state index >= 15 is 8.78 Å².